The molecule has 0 spiro atoms. The second-order valence-electron chi connectivity index (χ2n) is 6.30. The van der Waals surface area contributed by atoms with E-state index in [1.807, 2.05) is 13.8 Å². The van der Waals surface area contributed by atoms with Crippen molar-refractivity contribution in [2.75, 3.05) is 14.2 Å². The number of carbonyl (C=O) groups is 1. The van der Waals surface area contributed by atoms with Crippen molar-refractivity contribution in [3.05, 3.63) is 59.2 Å². The fourth-order valence-electron chi connectivity index (χ4n) is 2.53. The van der Waals surface area contributed by atoms with E-state index >= 15 is 0 Å². The molecule has 2 aromatic carbocycles. The Labute approximate surface area is 152 Å². The van der Waals surface area contributed by atoms with Gasteiger partial charge < -0.3 is 14.4 Å². The number of amides is 1. The van der Waals surface area contributed by atoms with Gasteiger partial charge in [-0.05, 0) is 56.7 Å². The van der Waals surface area contributed by atoms with Crippen LogP contribution >= 0.6 is 0 Å². The summed E-state index contributed by atoms with van der Waals surface area (Å²) in [7, 11) is 3.11. The van der Waals surface area contributed by atoms with Gasteiger partial charge in [-0.1, -0.05) is 6.07 Å². The van der Waals surface area contributed by atoms with E-state index in [-0.39, 0.29) is 12.0 Å². The molecule has 0 aromatic heterocycles. The average Bonchev–Trinajstić information content (AvgIpc) is 2.62. The Kier molecular flexibility index (Phi) is 6.18. The fourth-order valence-corrected chi connectivity index (χ4v) is 2.53. The SMILES string of the molecule is COc1cc(C(=O)N(C)C(C)c2ccc(F)c(F)c2)ccc1OC(C)C. The molecule has 0 N–H and O–H groups in total. The molecule has 1 amide bonds. The molecule has 4 nitrogen and oxygen atoms in total. The van der Waals surface area contributed by atoms with Crippen LogP contribution in [-0.4, -0.2) is 31.1 Å². The summed E-state index contributed by atoms with van der Waals surface area (Å²) in [6.07, 6.45) is -0.0264. The quantitative estimate of drug-likeness (QED) is 0.753. The van der Waals surface area contributed by atoms with E-state index < -0.39 is 17.7 Å². The summed E-state index contributed by atoms with van der Waals surface area (Å²) < 4.78 is 37.5. The van der Waals surface area contributed by atoms with Gasteiger partial charge in [-0.2, -0.15) is 0 Å². The molecule has 0 fully saturated rings. The van der Waals surface area contributed by atoms with Crippen molar-refractivity contribution in [1.82, 2.24) is 4.90 Å². The third-order valence-electron chi connectivity index (χ3n) is 4.10. The summed E-state index contributed by atoms with van der Waals surface area (Å²) in [5.74, 6) is -1.11. The van der Waals surface area contributed by atoms with Gasteiger partial charge in [0.15, 0.2) is 23.1 Å². The molecule has 1 atom stereocenters. The normalized spacial score (nSPS) is 12.0. The highest BCUT2D eigenvalue weighted by Crippen LogP contribution is 2.30. The van der Waals surface area contributed by atoms with Crippen LogP contribution in [0.1, 0.15) is 42.7 Å². The first kappa shape index (κ1) is 19.7. The lowest BCUT2D eigenvalue weighted by Gasteiger charge is -2.26. The first-order chi connectivity index (χ1) is 12.2. The molecule has 0 aliphatic carbocycles. The van der Waals surface area contributed by atoms with Gasteiger partial charge in [0.2, 0.25) is 0 Å². The van der Waals surface area contributed by atoms with Crippen LogP contribution in [0, 0.1) is 11.6 Å². The second-order valence-corrected chi connectivity index (χ2v) is 6.30. The predicted octanol–water partition coefficient (Wildman–Crippen LogP) is 4.59. The van der Waals surface area contributed by atoms with Crippen molar-refractivity contribution in [2.24, 2.45) is 0 Å². The number of halogens is 2. The van der Waals surface area contributed by atoms with Crippen LogP contribution in [0.5, 0.6) is 11.5 Å². The number of ether oxygens (including phenoxy) is 2. The van der Waals surface area contributed by atoms with Gasteiger partial charge >= 0.3 is 0 Å². The Morgan fingerprint density at radius 1 is 1.00 bits per heavy atom. The number of carbonyl (C=O) groups excluding carboxylic acids is 1. The molecule has 0 saturated heterocycles. The highest BCUT2D eigenvalue weighted by atomic mass is 19.2. The predicted molar refractivity (Wildman–Crippen MR) is 95.6 cm³/mol. The first-order valence-corrected chi connectivity index (χ1v) is 8.31. The first-order valence-electron chi connectivity index (χ1n) is 8.31. The molecule has 2 rings (SSSR count). The number of benzene rings is 2. The number of hydrogen-bond donors (Lipinski definition) is 0. The third kappa shape index (κ3) is 4.31. The number of nitrogens with zero attached hydrogens (tertiary/aromatic N) is 1. The Morgan fingerprint density at radius 3 is 2.27 bits per heavy atom. The summed E-state index contributed by atoms with van der Waals surface area (Å²) in [5, 5.41) is 0. The summed E-state index contributed by atoms with van der Waals surface area (Å²) in [5.41, 5.74) is 0.918. The number of hydrogen-bond acceptors (Lipinski definition) is 3. The van der Waals surface area contributed by atoms with E-state index in [9.17, 15) is 13.6 Å². The molecule has 6 heteroatoms. The summed E-state index contributed by atoms with van der Waals surface area (Å²) in [4.78, 5) is 14.2. The van der Waals surface area contributed by atoms with Crippen molar-refractivity contribution >= 4 is 5.91 Å². The zero-order valence-corrected chi connectivity index (χ0v) is 15.5. The van der Waals surface area contributed by atoms with Crippen molar-refractivity contribution in [3.63, 3.8) is 0 Å². The van der Waals surface area contributed by atoms with Gasteiger partial charge in [0, 0.05) is 12.6 Å². The van der Waals surface area contributed by atoms with Gasteiger partial charge in [-0.15, -0.1) is 0 Å². The van der Waals surface area contributed by atoms with Crippen LogP contribution in [0.25, 0.3) is 0 Å². The van der Waals surface area contributed by atoms with Crippen LogP contribution in [0.15, 0.2) is 36.4 Å². The molecule has 0 aliphatic rings. The minimum atomic E-state index is -0.938. The average molecular weight is 363 g/mol. The van der Waals surface area contributed by atoms with Crippen LogP contribution in [-0.2, 0) is 0 Å². The number of methoxy groups -OCH3 is 1. The van der Waals surface area contributed by atoms with Gasteiger partial charge in [0.1, 0.15) is 0 Å². The van der Waals surface area contributed by atoms with Gasteiger partial charge in [-0.25, -0.2) is 8.78 Å². The molecule has 0 bridgehead atoms. The van der Waals surface area contributed by atoms with E-state index in [2.05, 4.69) is 0 Å². The smallest absolute Gasteiger partial charge is 0.254 e. The zero-order valence-electron chi connectivity index (χ0n) is 15.5. The van der Waals surface area contributed by atoms with E-state index in [0.29, 0.717) is 22.6 Å². The second kappa shape index (κ2) is 8.17. The topological polar surface area (TPSA) is 38.8 Å². The Morgan fingerprint density at radius 2 is 1.69 bits per heavy atom. The van der Waals surface area contributed by atoms with Crippen molar-refractivity contribution in [2.45, 2.75) is 32.9 Å². The molecular weight excluding hydrogens is 340 g/mol. The largest absolute Gasteiger partial charge is 0.493 e. The third-order valence-corrected chi connectivity index (χ3v) is 4.10. The highest BCUT2D eigenvalue weighted by Gasteiger charge is 2.21. The lowest BCUT2D eigenvalue weighted by atomic mass is 10.1. The van der Waals surface area contributed by atoms with Crippen LogP contribution in [0.2, 0.25) is 0 Å². The molecule has 26 heavy (non-hydrogen) atoms. The van der Waals surface area contributed by atoms with Crippen molar-refractivity contribution in [3.8, 4) is 11.5 Å². The monoisotopic (exact) mass is 363 g/mol. The van der Waals surface area contributed by atoms with Crippen LogP contribution < -0.4 is 9.47 Å². The maximum atomic E-state index is 13.5. The van der Waals surface area contributed by atoms with Gasteiger partial charge in [-0.3, -0.25) is 4.79 Å². The van der Waals surface area contributed by atoms with Crippen molar-refractivity contribution < 1.29 is 23.0 Å². The summed E-state index contributed by atoms with van der Waals surface area (Å²) in [6.45, 7) is 5.55. The van der Waals surface area contributed by atoms with Crippen molar-refractivity contribution in [1.29, 1.82) is 0 Å². The molecule has 0 saturated carbocycles. The van der Waals surface area contributed by atoms with Crippen LogP contribution in [0.3, 0.4) is 0 Å². The Hall–Kier alpha value is -2.63. The van der Waals surface area contributed by atoms with Crippen LogP contribution in [0.4, 0.5) is 8.78 Å². The zero-order chi connectivity index (χ0) is 19.4. The summed E-state index contributed by atoms with van der Waals surface area (Å²) >= 11 is 0. The maximum Gasteiger partial charge on any atom is 0.254 e. The standard InChI is InChI=1S/C20H23F2NO3/c1-12(2)26-18-9-7-15(11-19(18)25-5)20(24)23(4)13(3)14-6-8-16(21)17(22)10-14/h6-13H,1-5H3. The van der Waals surface area contributed by atoms with E-state index in [0.717, 1.165) is 12.1 Å². The van der Waals surface area contributed by atoms with E-state index in [1.165, 1.54) is 18.1 Å². The Balaban J connectivity index is 2.25. The Bertz CT molecular complexity index is 793. The lowest BCUT2D eigenvalue weighted by Crippen LogP contribution is -2.29. The van der Waals surface area contributed by atoms with Gasteiger partial charge in [0.25, 0.3) is 5.91 Å². The molecule has 0 aliphatic heterocycles. The minimum absolute atomic E-state index is 0.0264. The highest BCUT2D eigenvalue weighted by molar-refractivity contribution is 5.95. The minimum Gasteiger partial charge on any atom is -0.493 e. The van der Waals surface area contributed by atoms with Gasteiger partial charge in [0.05, 0.1) is 19.3 Å². The molecule has 0 heterocycles. The maximum absolute atomic E-state index is 13.5. The molecule has 1 unspecified atom stereocenters. The van der Waals surface area contributed by atoms with E-state index in [1.54, 1.807) is 32.2 Å². The lowest BCUT2D eigenvalue weighted by molar-refractivity contribution is 0.0742. The molecule has 140 valence electrons. The fraction of sp³-hybridized carbons (Fsp3) is 0.350. The molecule has 2 aromatic rings. The molecular formula is C20H23F2NO3. The number of rotatable bonds is 6. The summed E-state index contributed by atoms with van der Waals surface area (Å²) in [6, 6.07) is 8.13. The molecule has 0 radical (unpaired) electrons. The van der Waals surface area contributed by atoms with E-state index in [4.69, 9.17) is 9.47 Å².